The first-order chi connectivity index (χ1) is 9.49. The normalized spacial score (nSPS) is 10.2. The molecule has 1 aromatic carbocycles. The SMILES string of the molecule is CN(Cc1cccs1)C(=O)c1cc(O)ccc1[N+](=O)[O-]. The average Bonchev–Trinajstić information content (AvgIpc) is 2.90. The molecule has 104 valence electrons. The highest BCUT2D eigenvalue weighted by Gasteiger charge is 2.23. The van der Waals surface area contributed by atoms with Crippen LogP contribution in [0.1, 0.15) is 15.2 Å². The van der Waals surface area contributed by atoms with Crippen LogP contribution in [-0.2, 0) is 6.54 Å². The number of nitro groups is 1. The number of thiophene rings is 1. The number of hydrogen-bond acceptors (Lipinski definition) is 5. The Kier molecular flexibility index (Phi) is 3.99. The number of carbonyl (C=O) groups is 1. The molecule has 0 aliphatic carbocycles. The molecule has 1 amide bonds. The first-order valence-corrected chi connectivity index (χ1v) is 6.62. The Hall–Kier alpha value is -2.41. The number of phenolic OH excluding ortho intramolecular Hbond substituents is 1. The summed E-state index contributed by atoms with van der Waals surface area (Å²) in [4.78, 5) is 24.9. The zero-order chi connectivity index (χ0) is 14.7. The Bertz CT molecular complexity index is 640. The minimum Gasteiger partial charge on any atom is -0.508 e. The Morgan fingerprint density at radius 1 is 1.45 bits per heavy atom. The Balaban J connectivity index is 2.28. The highest BCUT2D eigenvalue weighted by molar-refractivity contribution is 7.09. The number of amides is 1. The van der Waals surface area contributed by atoms with E-state index in [1.54, 1.807) is 7.05 Å². The molecule has 0 spiro atoms. The Labute approximate surface area is 119 Å². The molecule has 20 heavy (non-hydrogen) atoms. The molecule has 0 aliphatic heterocycles. The first kappa shape index (κ1) is 14.0. The highest BCUT2D eigenvalue weighted by Crippen LogP contribution is 2.25. The first-order valence-electron chi connectivity index (χ1n) is 5.74. The van der Waals surface area contributed by atoms with E-state index in [1.807, 2.05) is 17.5 Å². The lowest BCUT2D eigenvalue weighted by atomic mass is 10.1. The van der Waals surface area contributed by atoms with E-state index >= 15 is 0 Å². The van der Waals surface area contributed by atoms with Crippen LogP contribution in [0.5, 0.6) is 5.75 Å². The number of nitrogens with zero attached hydrogens (tertiary/aromatic N) is 2. The molecule has 1 aromatic heterocycles. The van der Waals surface area contributed by atoms with Gasteiger partial charge in [0.05, 0.1) is 11.5 Å². The summed E-state index contributed by atoms with van der Waals surface area (Å²) in [5.41, 5.74) is -0.431. The van der Waals surface area contributed by atoms with E-state index < -0.39 is 10.8 Å². The Morgan fingerprint density at radius 3 is 2.80 bits per heavy atom. The van der Waals surface area contributed by atoms with Gasteiger partial charge in [-0.1, -0.05) is 6.07 Å². The van der Waals surface area contributed by atoms with Crippen molar-refractivity contribution in [2.45, 2.75) is 6.54 Å². The summed E-state index contributed by atoms with van der Waals surface area (Å²) in [6.07, 6.45) is 0. The van der Waals surface area contributed by atoms with Crippen LogP contribution in [-0.4, -0.2) is 27.9 Å². The quantitative estimate of drug-likeness (QED) is 0.693. The van der Waals surface area contributed by atoms with Gasteiger partial charge in [0, 0.05) is 18.0 Å². The van der Waals surface area contributed by atoms with Gasteiger partial charge in [-0.05, 0) is 23.6 Å². The zero-order valence-corrected chi connectivity index (χ0v) is 11.5. The molecule has 0 saturated carbocycles. The maximum Gasteiger partial charge on any atom is 0.282 e. The standard InChI is InChI=1S/C13H12N2O4S/c1-14(8-10-3-2-6-20-10)13(17)11-7-9(16)4-5-12(11)15(18)19/h2-7,16H,8H2,1H3. The van der Waals surface area contributed by atoms with Crippen molar-refractivity contribution in [2.75, 3.05) is 7.05 Å². The maximum absolute atomic E-state index is 12.3. The molecule has 2 aromatic rings. The second-order valence-corrected chi connectivity index (χ2v) is 5.23. The molecular weight excluding hydrogens is 280 g/mol. The fourth-order valence-corrected chi connectivity index (χ4v) is 2.53. The van der Waals surface area contributed by atoms with E-state index in [1.165, 1.54) is 22.3 Å². The maximum atomic E-state index is 12.3. The number of carbonyl (C=O) groups excluding carboxylic acids is 1. The number of aromatic hydroxyl groups is 1. The van der Waals surface area contributed by atoms with Crippen molar-refractivity contribution in [3.05, 3.63) is 56.3 Å². The van der Waals surface area contributed by atoms with Crippen LogP contribution in [0.25, 0.3) is 0 Å². The summed E-state index contributed by atoms with van der Waals surface area (Å²) in [7, 11) is 1.57. The Morgan fingerprint density at radius 2 is 2.20 bits per heavy atom. The van der Waals surface area contributed by atoms with Gasteiger partial charge in [0.2, 0.25) is 0 Å². The lowest BCUT2D eigenvalue weighted by Gasteiger charge is -2.16. The molecule has 2 rings (SSSR count). The molecule has 0 bridgehead atoms. The number of phenols is 1. The number of rotatable bonds is 4. The summed E-state index contributed by atoms with van der Waals surface area (Å²) >= 11 is 1.50. The lowest BCUT2D eigenvalue weighted by molar-refractivity contribution is -0.385. The van der Waals surface area contributed by atoms with Crippen LogP contribution < -0.4 is 0 Å². The summed E-state index contributed by atoms with van der Waals surface area (Å²) in [5.74, 6) is -0.676. The predicted molar refractivity (Wildman–Crippen MR) is 74.9 cm³/mol. The molecule has 1 heterocycles. The van der Waals surface area contributed by atoms with Crippen molar-refractivity contribution in [2.24, 2.45) is 0 Å². The van der Waals surface area contributed by atoms with Gasteiger partial charge in [0.25, 0.3) is 11.6 Å². The number of benzene rings is 1. The molecule has 0 fully saturated rings. The topological polar surface area (TPSA) is 83.7 Å². The van der Waals surface area contributed by atoms with Gasteiger partial charge >= 0.3 is 0 Å². The van der Waals surface area contributed by atoms with E-state index in [0.29, 0.717) is 6.54 Å². The number of nitro benzene ring substituents is 1. The molecule has 0 saturated heterocycles. The van der Waals surface area contributed by atoms with Gasteiger partial charge in [-0.2, -0.15) is 0 Å². The van der Waals surface area contributed by atoms with Gasteiger partial charge in [-0.15, -0.1) is 11.3 Å². The molecule has 7 heteroatoms. The van der Waals surface area contributed by atoms with E-state index in [-0.39, 0.29) is 17.0 Å². The number of hydrogen-bond donors (Lipinski definition) is 1. The van der Waals surface area contributed by atoms with Crippen LogP contribution in [0, 0.1) is 10.1 Å². The molecule has 6 nitrogen and oxygen atoms in total. The van der Waals surface area contributed by atoms with Gasteiger partial charge in [-0.25, -0.2) is 0 Å². The van der Waals surface area contributed by atoms with E-state index in [0.717, 1.165) is 17.0 Å². The van der Waals surface area contributed by atoms with Gasteiger partial charge in [0.1, 0.15) is 11.3 Å². The van der Waals surface area contributed by atoms with Gasteiger partial charge < -0.3 is 10.0 Å². The summed E-state index contributed by atoms with van der Waals surface area (Å²) < 4.78 is 0. The van der Waals surface area contributed by atoms with E-state index in [9.17, 15) is 20.0 Å². The van der Waals surface area contributed by atoms with Crippen molar-refractivity contribution in [1.82, 2.24) is 4.90 Å². The zero-order valence-electron chi connectivity index (χ0n) is 10.6. The van der Waals surface area contributed by atoms with Crippen LogP contribution in [0.2, 0.25) is 0 Å². The third kappa shape index (κ3) is 2.94. The third-order valence-electron chi connectivity index (χ3n) is 2.73. The largest absolute Gasteiger partial charge is 0.508 e. The monoisotopic (exact) mass is 292 g/mol. The highest BCUT2D eigenvalue weighted by atomic mass is 32.1. The second kappa shape index (κ2) is 5.70. The van der Waals surface area contributed by atoms with Crippen molar-refractivity contribution in [3.63, 3.8) is 0 Å². The second-order valence-electron chi connectivity index (χ2n) is 4.20. The van der Waals surface area contributed by atoms with Crippen LogP contribution in [0.15, 0.2) is 35.7 Å². The molecular formula is C13H12N2O4S. The molecule has 0 radical (unpaired) electrons. The fourth-order valence-electron chi connectivity index (χ4n) is 1.77. The van der Waals surface area contributed by atoms with E-state index in [4.69, 9.17) is 0 Å². The van der Waals surface area contributed by atoms with Crippen LogP contribution >= 0.6 is 11.3 Å². The van der Waals surface area contributed by atoms with Crippen molar-refractivity contribution in [3.8, 4) is 5.75 Å². The lowest BCUT2D eigenvalue weighted by Crippen LogP contribution is -2.26. The van der Waals surface area contributed by atoms with Crippen LogP contribution in [0.4, 0.5) is 5.69 Å². The van der Waals surface area contributed by atoms with Crippen molar-refractivity contribution < 1.29 is 14.8 Å². The third-order valence-corrected chi connectivity index (χ3v) is 3.59. The summed E-state index contributed by atoms with van der Waals surface area (Å²) in [6, 6.07) is 7.18. The summed E-state index contributed by atoms with van der Waals surface area (Å²) in [5, 5.41) is 22.2. The van der Waals surface area contributed by atoms with Crippen molar-refractivity contribution >= 4 is 22.9 Å². The summed E-state index contributed by atoms with van der Waals surface area (Å²) in [6.45, 7) is 0.364. The predicted octanol–water partition coefficient (Wildman–Crippen LogP) is 2.63. The minimum absolute atomic E-state index is 0.117. The minimum atomic E-state index is -0.633. The molecule has 0 atom stereocenters. The average molecular weight is 292 g/mol. The van der Waals surface area contributed by atoms with Gasteiger partial charge in [-0.3, -0.25) is 14.9 Å². The molecule has 0 unspecified atom stereocenters. The molecule has 0 aliphatic rings. The van der Waals surface area contributed by atoms with Crippen molar-refractivity contribution in [1.29, 1.82) is 0 Å². The van der Waals surface area contributed by atoms with E-state index in [2.05, 4.69) is 0 Å². The smallest absolute Gasteiger partial charge is 0.282 e. The van der Waals surface area contributed by atoms with Crippen LogP contribution in [0.3, 0.4) is 0 Å². The van der Waals surface area contributed by atoms with Gasteiger partial charge in [0.15, 0.2) is 0 Å². The molecule has 1 N–H and O–H groups in total. The fraction of sp³-hybridized carbons (Fsp3) is 0.154.